The average molecular weight is 340 g/mol. The molecule has 0 spiro atoms. The van der Waals surface area contributed by atoms with E-state index in [0.717, 1.165) is 29.4 Å². The van der Waals surface area contributed by atoms with Crippen molar-refractivity contribution in [3.63, 3.8) is 0 Å². The second-order valence-electron chi connectivity index (χ2n) is 6.00. The van der Waals surface area contributed by atoms with Gasteiger partial charge in [-0.15, -0.1) is 0 Å². The van der Waals surface area contributed by atoms with Gasteiger partial charge in [-0.3, -0.25) is 0 Å². The van der Waals surface area contributed by atoms with E-state index in [1.165, 1.54) is 0 Å². The molecule has 20 heavy (non-hydrogen) atoms. The van der Waals surface area contributed by atoms with Crippen LogP contribution in [0.4, 0.5) is 5.69 Å². The average Bonchev–Trinajstić information content (AvgIpc) is 2.69. The van der Waals surface area contributed by atoms with Gasteiger partial charge in [0, 0.05) is 10.2 Å². The third kappa shape index (κ3) is 2.71. The van der Waals surface area contributed by atoms with Crippen LogP contribution >= 0.6 is 15.9 Å². The SMILES string of the molecule is CCOC(=O)C1(Nc2ccc(Br)cc2)CCCC1(C)C. The summed E-state index contributed by atoms with van der Waals surface area (Å²) in [6, 6.07) is 7.92. The highest BCUT2D eigenvalue weighted by molar-refractivity contribution is 9.10. The molecule has 0 saturated heterocycles. The van der Waals surface area contributed by atoms with Gasteiger partial charge in [0.05, 0.1) is 6.61 Å². The van der Waals surface area contributed by atoms with Gasteiger partial charge in [-0.05, 0) is 55.9 Å². The van der Waals surface area contributed by atoms with Gasteiger partial charge in [0.25, 0.3) is 0 Å². The number of nitrogens with one attached hydrogen (secondary N) is 1. The number of esters is 1. The number of hydrogen-bond acceptors (Lipinski definition) is 3. The molecule has 1 atom stereocenters. The summed E-state index contributed by atoms with van der Waals surface area (Å²) in [5.74, 6) is -0.134. The molecular weight excluding hydrogens is 318 g/mol. The van der Waals surface area contributed by atoms with Gasteiger partial charge in [-0.1, -0.05) is 29.8 Å². The molecule has 0 aromatic heterocycles. The van der Waals surface area contributed by atoms with Crippen LogP contribution in [0.5, 0.6) is 0 Å². The monoisotopic (exact) mass is 339 g/mol. The predicted octanol–water partition coefficient (Wildman–Crippen LogP) is 4.37. The molecule has 110 valence electrons. The van der Waals surface area contributed by atoms with Crippen molar-refractivity contribution in [1.82, 2.24) is 0 Å². The minimum absolute atomic E-state index is 0.119. The third-order valence-electron chi connectivity index (χ3n) is 4.33. The van der Waals surface area contributed by atoms with E-state index in [1.807, 2.05) is 31.2 Å². The lowest BCUT2D eigenvalue weighted by Gasteiger charge is -2.40. The zero-order chi connectivity index (χ0) is 14.8. The molecular formula is C16H22BrNO2. The van der Waals surface area contributed by atoms with Gasteiger partial charge < -0.3 is 10.1 Å². The summed E-state index contributed by atoms with van der Waals surface area (Å²) in [5, 5.41) is 3.46. The molecule has 1 fully saturated rings. The molecule has 1 aliphatic carbocycles. The summed E-state index contributed by atoms with van der Waals surface area (Å²) in [5.41, 5.74) is 0.208. The van der Waals surface area contributed by atoms with Crippen molar-refractivity contribution in [1.29, 1.82) is 0 Å². The van der Waals surface area contributed by atoms with Crippen molar-refractivity contribution in [2.45, 2.75) is 45.6 Å². The number of carbonyl (C=O) groups is 1. The highest BCUT2D eigenvalue weighted by atomic mass is 79.9. The van der Waals surface area contributed by atoms with Crippen LogP contribution in [0.2, 0.25) is 0 Å². The fourth-order valence-corrected chi connectivity index (χ4v) is 3.31. The molecule has 0 radical (unpaired) electrons. The maximum Gasteiger partial charge on any atom is 0.332 e. The van der Waals surface area contributed by atoms with Crippen LogP contribution in [0.15, 0.2) is 28.7 Å². The number of halogens is 1. The maximum absolute atomic E-state index is 12.6. The molecule has 0 bridgehead atoms. The number of carbonyl (C=O) groups excluding carboxylic acids is 1. The lowest BCUT2D eigenvalue weighted by molar-refractivity contribution is -0.151. The Morgan fingerprint density at radius 3 is 2.45 bits per heavy atom. The predicted molar refractivity (Wildman–Crippen MR) is 84.8 cm³/mol. The minimum Gasteiger partial charge on any atom is -0.464 e. The first kappa shape index (κ1) is 15.4. The van der Waals surface area contributed by atoms with Gasteiger partial charge >= 0.3 is 5.97 Å². The van der Waals surface area contributed by atoms with Crippen LogP contribution in [0.3, 0.4) is 0 Å². The zero-order valence-corrected chi connectivity index (χ0v) is 13.9. The Morgan fingerprint density at radius 1 is 1.30 bits per heavy atom. The standard InChI is InChI=1S/C16H22BrNO2/c1-4-20-14(19)16(11-5-10-15(16,2)3)18-13-8-6-12(17)7-9-13/h6-9,18H,4-5,10-11H2,1-3H3. The number of rotatable bonds is 4. The van der Waals surface area contributed by atoms with Crippen LogP contribution in [0.1, 0.15) is 40.0 Å². The highest BCUT2D eigenvalue weighted by Gasteiger charge is 2.55. The molecule has 4 heteroatoms. The molecule has 1 aromatic rings. The quantitative estimate of drug-likeness (QED) is 0.827. The lowest BCUT2D eigenvalue weighted by Crippen LogP contribution is -2.54. The summed E-state index contributed by atoms with van der Waals surface area (Å²) in [7, 11) is 0. The van der Waals surface area contributed by atoms with Crippen LogP contribution in [-0.4, -0.2) is 18.1 Å². The van der Waals surface area contributed by atoms with Crippen molar-refractivity contribution in [3.05, 3.63) is 28.7 Å². The molecule has 1 aliphatic rings. The summed E-state index contributed by atoms with van der Waals surface area (Å²) in [6.45, 7) is 6.55. The topological polar surface area (TPSA) is 38.3 Å². The largest absolute Gasteiger partial charge is 0.464 e. The van der Waals surface area contributed by atoms with Crippen LogP contribution in [-0.2, 0) is 9.53 Å². The van der Waals surface area contributed by atoms with Gasteiger partial charge in [-0.2, -0.15) is 0 Å². The first-order valence-electron chi connectivity index (χ1n) is 7.12. The van der Waals surface area contributed by atoms with Crippen molar-refractivity contribution >= 4 is 27.6 Å². The van der Waals surface area contributed by atoms with E-state index in [4.69, 9.17) is 4.74 Å². The van der Waals surface area contributed by atoms with Gasteiger partial charge in [0.1, 0.15) is 5.54 Å². The number of hydrogen-bond donors (Lipinski definition) is 1. The summed E-state index contributed by atoms with van der Waals surface area (Å²) in [4.78, 5) is 12.6. The van der Waals surface area contributed by atoms with Crippen LogP contribution < -0.4 is 5.32 Å². The summed E-state index contributed by atoms with van der Waals surface area (Å²) in [6.07, 6.45) is 2.87. The Kier molecular flexibility index (Phi) is 4.43. The molecule has 1 N–H and O–H groups in total. The Morgan fingerprint density at radius 2 is 1.95 bits per heavy atom. The maximum atomic E-state index is 12.6. The van der Waals surface area contributed by atoms with Gasteiger partial charge in [-0.25, -0.2) is 4.79 Å². The zero-order valence-electron chi connectivity index (χ0n) is 12.3. The molecule has 2 rings (SSSR count). The van der Waals surface area contributed by atoms with E-state index in [0.29, 0.717) is 6.61 Å². The fourth-order valence-electron chi connectivity index (χ4n) is 3.04. The lowest BCUT2D eigenvalue weighted by atomic mass is 9.74. The van der Waals surface area contributed by atoms with Gasteiger partial charge in [0.2, 0.25) is 0 Å². The normalized spacial score (nSPS) is 24.4. The first-order chi connectivity index (χ1) is 9.41. The van der Waals surface area contributed by atoms with E-state index in [9.17, 15) is 4.79 Å². The molecule has 1 aromatic carbocycles. The third-order valence-corrected chi connectivity index (χ3v) is 4.86. The fraction of sp³-hybridized carbons (Fsp3) is 0.562. The van der Waals surface area contributed by atoms with Crippen molar-refractivity contribution in [2.24, 2.45) is 5.41 Å². The van der Waals surface area contributed by atoms with Crippen molar-refractivity contribution < 1.29 is 9.53 Å². The van der Waals surface area contributed by atoms with E-state index in [2.05, 4.69) is 35.1 Å². The van der Waals surface area contributed by atoms with Crippen LogP contribution in [0, 0.1) is 5.41 Å². The molecule has 0 aliphatic heterocycles. The second kappa shape index (κ2) is 5.76. The van der Waals surface area contributed by atoms with Gasteiger partial charge in [0.15, 0.2) is 0 Å². The molecule has 0 heterocycles. The van der Waals surface area contributed by atoms with Crippen molar-refractivity contribution in [3.8, 4) is 0 Å². The number of benzene rings is 1. The smallest absolute Gasteiger partial charge is 0.332 e. The number of anilines is 1. The highest BCUT2D eigenvalue weighted by Crippen LogP contribution is 2.48. The summed E-state index contributed by atoms with van der Waals surface area (Å²) < 4.78 is 6.38. The minimum atomic E-state index is -0.628. The van der Waals surface area contributed by atoms with E-state index in [-0.39, 0.29) is 11.4 Å². The summed E-state index contributed by atoms with van der Waals surface area (Å²) >= 11 is 3.43. The van der Waals surface area contributed by atoms with Crippen LogP contribution in [0.25, 0.3) is 0 Å². The van der Waals surface area contributed by atoms with Crippen molar-refractivity contribution in [2.75, 3.05) is 11.9 Å². The molecule has 1 saturated carbocycles. The Hall–Kier alpha value is -1.03. The Balaban J connectivity index is 2.32. The second-order valence-corrected chi connectivity index (χ2v) is 6.91. The Bertz CT molecular complexity index is 484. The molecule has 3 nitrogen and oxygen atoms in total. The number of ether oxygens (including phenoxy) is 1. The molecule has 0 amide bonds. The van der Waals surface area contributed by atoms with E-state index >= 15 is 0 Å². The molecule has 1 unspecified atom stereocenters. The van der Waals surface area contributed by atoms with E-state index in [1.54, 1.807) is 0 Å². The Labute approximate surface area is 129 Å². The van der Waals surface area contributed by atoms with E-state index < -0.39 is 5.54 Å². The first-order valence-corrected chi connectivity index (χ1v) is 7.91.